The van der Waals surface area contributed by atoms with Gasteiger partial charge in [-0.05, 0) is 36.6 Å². The van der Waals surface area contributed by atoms with Crippen LogP contribution in [0, 0.1) is 11.7 Å². The van der Waals surface area contributed by atoms with Gasteiger partial charge in [0.15, 0.2) is 0 Å². The first-order chi connectivity index (χ1) is 18.9. The van der Waals surface area contributed by atoms with E-state index in [1.807, 2.05) is 0 Å². The summed E-state index contributed by atoms with van der Waals surface area (Å²) in [5.41, 5.74) is 1.61. The highest BCUT2D eigenvalue weighted by Gasteiger charge is 2.28. The second kappa shape index (κ2) is 12.3. The molecule has 0 aliphatic carbocycles. The molecule has 1 unspecified atom stereocenters. The molecule has 2 aliphatic heterocycles. The van der Waals surface area contributed by atoms with Crippen LogP contribution in [0.4, 0.5) is 21.6 Å². The van der Waals surface area contributed by atoms with Crippen LogP contribution < -0.4 is 15.4 Å². The van der Waals surface area contributed by atoms with Gasteiger partial charge in [-0.1, -0.05) is 24.6 Å². The number of halogens is 2. The third kappa shape index (κ3) is 6.65. The number of nitrogens with zero attached hydrogens (tertiary/aromatic N) is 3. The average molecular weight is 556 g/mol. The van der Waals surface area contributed by atoms with Crippen LogP contribution in [0.2, 0.25) is 5.02 Å². The molecular formula is C28H31ClFN5O4. The van der Waals surface area contributed by atoms with Crippen LogP contribution in [-0.2, 0) is 9.53 Å². The molecule has 2 aliphatic rings. The Labute approximate surface area is 231 Å². The number of aliphatic hydroxyl groups is 1. The predicted octanol–water partition coefficient (Wildman–Crippen LogP) is 4.53. The molecule has 2 saturated heterocycles. The fourth-order valence-corrected chi connectivity index (χ4v) is 5.18. The molecular weight excluding hydrogens is 525 g/mol. The number of rotatable bonds is 9. The second-order valence-electron chi connectivity index (χ2n) is 9.97. The molecule has 0 saturated carbocycles. The van der Waals surface area contributed by atoms with Gasteiger partial charge in [0.25, 0.3) is 0 Å². The minimum Gasteiger partial charge on any atom is -0.486 e. The lowest BCUT2D eigenvalue weighted by Crippen LogP contribution is -2.32. The first-order valence-corrected chi connectivity index (χ1v) is 13.3. The van der Waals surface area contributed by atoms with Crippen molar-refractivity contribution in [3.63, 3.8) is 0 Å². The van der Waals surface area contributed by atoms with E-state index in [4.69, 9.17) is 21.1 Å². The van der Waals surface area contributed by atoms with Crippen LogP contribution in [0.1, 0.15) is 19.8 Å². The number of ether oxygens (including phenoxy) is 2. The zero-order valence-corrected chi connectivity index (χ0v) is 22.3. The number of nitrogens with one attached hydrogen (secondary N) is 2. The van der Waals surface area contributed by atoms with E-state index in [9.17, 15) is 14.3 Å². The maximum absolute atomic E-state index is 13.6. The molecule has 2 fully saturated rings. The second-order valence-corrected chi connectivity index (χ2v) is 10.4. The van der Waals surface area contributed by atoms with Crippen LogP contribution >= 0.6 is 11.6 Å². The molecule has 206 valence electrons. The molecule has 0 spiro atoms. The normalized spacial score (nSPS) is 21.6. The highest BCUT2D eigenvalue weighted by molar-refractivity contribution is 6.31. The molecule has 0 bridgehead atoms. The number of fused-ring (bicyclic) bond motifs is 1. The summed E-state index contributed by atoms with van der Waals surface area (Å²) in [5.74, 6) is 0.616. The van der Waals surface area contributed by atoms with E-state index in [1.54, 1.807) is 24.3 Å². The van der Waals surface area contributed by atoms with Crippen LogP contribution in [-0.4, -0.2) is 70.9 Å². The van der Waals surface area contributed by atoms with Crippen LogP contribution in [0.5, 0.6) is 5.75 Å². The highest BCUT2D eigenvalue weighted by Crippen LogP contribution is 2.35. The van der Waals surface area contributed by atoms with Gasteiger partial charge in [0.2, 0.25) is 5.91 Å². The van der Waals surface area contributed by atoms with Crippen molar-refractivity contribution in [2.75, 3.05) is 43.5 Å². The molecule has 11 heteroatoms. The molecule has 0 radical (unpaired) electrons. The van der Waals surface area contributed by atoms with Gasteiger partial charge in [-0.3, -0.25) is 9.69 Å². The number of hydrogen-bond acceptors (Lipinski definition) is 8. The summed E-state index contributed by atoms with van der Waals surface area (Å²) in [5, 5.41) is 16.3. The van der Waals surface area contributed by atoms with Gasteiger partial charge in [-0.25, -0.2) is 14.4 Å². The molecule has 5 rings (SSSR count). The summed E-state index contributed by atoms with van der Waals surface area (Å²) in [6.07, 6.45) is 6.26. The van der Waals surface area contributed by atoms with Gasteiger partial charge in [0.1, 0.15) is 29.8 Å². The smallest absolute Gasteiger partial charge is 0.248 e. The monoisotopic (exact) mass is 555 g/mol. The molecule has 3 N–H and O–H groups in total. The summed E-state index contributed by atoms with van der Waals surface area (Å²) in [7, 11) is 0. The van der Waals surface area contributed by atoms with Crippen molar-refractivity contribution in [1.82, 2.24) is 14.9 Å². The van der Waals surface area contributed by atoms with Crippen LogP contribution in [0.15, 0.2) is 48.8 Å². The minimum atomic E-state index is -0.517. The fourth-order valence-electron chi connectivity index (χ4n) is 5.00. The fraction of sp³-hybridized carbons (Fsp3) is 0.393. The average Bonchev–Trinajstić information content (AvgIpc) is 3.56. The van der Waals surface area contributed by atoms with Crippen molar-refractivity contribution < 1.29 is 23.8 Å². The largest absolute Gasteiger partial charge is 0.486 e. The number of anilines is 3. The molecule has 1 amide bonds. The van der Waals surface area contributed by atoms with Crippen molar-refractivity contribution in [3.05, 3.63) is 59.7 Å². The Bertz CT molecular complexity index is 1370. The Morgan fingerprint density at radius 2 is 2.21 bits per heavy atom. The number of amides is 1. The molecule has 3 atom stereocenters. The molecule has 3 aromatic rings. The van der Waals surface area contributed by atoms with Gasteiger partial charge in [-0.15, -0.1) is 0 Å². The van der Waals surface area contributed by atoms with Gasteiger partial charge in [0.05, 0.1) is 36.0 Å². The summed E-state index contributed by atoms with van der Waals surface area (Å²) >= 11 is 5.95. The van der Waals surface area contributed by atoms with Gasteiger partial charge in [0, 0.05) is 48.8 Å². The zero-order chi connectivity index (χ0) is 27.4. The Hall–Kier alpha value is -3.31. The predicted molar refractivity (Wildman–Crippen MR) is 148 cm³/mol. The summed E-state index contributed by atoms with van der Waals surface area (Å²) in [6.45, 7) is 4.81. The Morgan fingerprint density at radius 1 is 1.33 bits per heavy atom. The summed E-state index contributed by atoms with van der Waals surface area (Å²) in [4.78, 5) is 23.8. The van der Waals surface area contributed by atoms with E-state index in [-0.39, 0.29) is 29.7 Å². The van der Waals surface area contributed by atoms with E-state index in [0.29, 0.717) is 59.5 Å². The quantitative estimate of drug-likeness (QED) is 0.330. The number of carbonyl (C=O) groups excluding carboxylic acids is 1. The number of aromatic nitrogens is 2. The Morgan fingerprint density at radius 3 is 2.97 bits per heavy atom. The highest BCUT2D eigenvalue weighted by atomic mass is 35.5. The van der Waals surface area contributed by atoms with Crippen LogP contribution in [0.25, 0.3) is 10.9 Å². The van der Waals surface area contributed by atoms with Crippen LogP contribution in [0.3, 0.4) is 0 Å². The van der Waals surface area contributed by atoms with Crippen molar-refractivity contribution in [3.8, 4) is 5.75 Å². The van der Waals surface area contributed by atoms with E-state index in [0.717, 1.165) is 19.4 Å². The van der Waals surface area contributed by atoms with Crippen molar-refractivity contribution >= 4 is 45.6 Å². The Kier molecular flexibility index (Phi) is 8.56. The zero-order valence-electron chi connectivity index (χ0n) is 21.6. The third-order valence-electron chi connectivity index (χ3n) is 6.92. The van der Waals surface area contributed by atoms with Gasteiger partial charge < -0.3 is 25.2 Å². The number of likely N-dealkylation sites (tertiary alicyclic amines) is 1. The maximum Gasteiger partial charge on any atom is 0.248 e. The number of benzene rings is 2. The first-order valence-electron chi connectivity index (χ1n) is 13.0. The standard InChI is InChI=1S/C28H31ClFN5O4/c1-17-9-19(14-36)35(13-17)7-2-3-27(37)34-25-11-21-24(12-26(25)39-20-6-8-38-15-20)31-16-32-28(21)33-18-4-5-23(30)22(29)10-18/h2-5,10-12,16-17,19-20,36H,6-9,13-15H2,1H3,(H,34,37)(H,31,32,33)/b3-2+/t17-,19+,20?/m0/s1. The number of hydrogen-bond donors (Lipinski definition) is 3. The topological polar surface area (TPSA) is 109 Å². The molecule has 2 aromatic carbocycles. The summed E-state index contributed by atoms with van der Waals surface area (Å²) in [6, 6.07) is 7.93. The molecule has 3 heterocycles. The van der Waals surface area contributed by atoms with E-state index < -0.39 is 5.82 Å². The van der Waals surface area contributed by atoms with Crippen molar-refractivity contribution in [1.29, 1.82) is 0 Å². The maximum atomic E-state index is 13.6. The van der Waals surface area contributed by atoms with Crippen molar-refractivity contribution in [2.24, 2.45) is 5.92 Å². The van der Waals surface area contributed by atoms with Crippen molar-refractivity contribution in [2.45, 2.75) is 31.9 Å². The molecule has 1 aromatic heterocycles. The van der Waals surface area contributed by atoms with E-state index >= 15 is 0 Å². The SMILES string of the molecule is C[C@H]1C[C@H](CO)N(C/C=C/C(=O)Nc2cc3c(Nc4ccc(F)c(Cl)c4)ncnc3cc2OC2CCOC2)C1. The van der Waals surface area contributed by atoms with E-state index in [2.05, 4.69) is 32.4 Å². The number of aliphatic hydroxyl groups excluding tert-OH is 1. The lowest BCUT2D eigenvalue weighted by atomic mass is 10.1. The lowest BCUT2D eigenvalue weighted by Gasteiger charge is -2.20. The van der Waals surface area contributed by atoms with E-state index in [1.165, 1.54) is 24.5 Å². The van der Waals surface area contributed by atoms with Gasteiger partial charge >= 0.3 is 0 Å². The molecule has 39 heavy (non-hydrogen) atoms. The number of carbonyl (C=O) groups is 1. The first kappa shape index (κ1) is 27.3. The molecule has 9 nitrogen and oxygen atoms in total. The Balaban J connectivity index is 1.39. The minimum absolute atomic E-state index is 0.0127. The lowest BCUT2D eigenvalue weighted by molar-refractivity contribution is -0.111. The summed E-state index contributed by atoms with van der Waals surface area (Å²) < 4.78 is 25.3. The van der Waals surface area contributed by atoms with Gasteiger partial charge in [-0.2, -0.15) is 0 Å². The third-order valence-corrected chi connectivity index (χ3v) is 7.20.